The van der Waals surface area contributed by atoms with Crippen LogP contribution in [-0.2, 0) is 9.59 Å². The molecule has 0 aromatic rings. The van der Waals surface area contributed by atoms with Crippen molar-refractivity contribution in [1.82, 2.24) is 0 Å². The van der Waals surface area contributed by atoms with E-state index >= 15 is 0 Å². The van der Waals surface area contributed by atoms with E-state index in [1.807, 2.05) is 0 Å². The number of carboxylic acids is 1. The summed E-state index contributed by atoms with van der Waals surface area (Å²) in [5.41, 5.74) is 1.03. The van der Waals surface area contributed by atoms with Crippen molar-refractivity contribution in [2.45, 2.75) is 106 Å². The lowest BCUT2D eigenvalue weighted by Gasteiger charge is -2.70. The Morgan fingerprint density at radius 1 is 0.971 bits per heavy atom. The van der Waals surface area contributed by atoms with E-state index in [1.165, 1.54) is 5.57 Å². The van der Waals surface area contributed by atoms with E-state index in [-0.39, 0.29) is 39.3 Å². The molecule has 4 saturated carbocycles. The Kier molecular flexibility index (Phi) is 5.20. The molecule has 0 aromatic carbocycles. The molecular formula is C31H46O4. The molecule has 35 heavy (non-hydrogen) atoms. The predicted octanol–water partition coefficient (Wildman–Crippen LogP) is 7.49. The number of aliphatic hydroxyl groups excluding tert-OH is 1. The summed E-state index contributed by atoms with van der Waals surface area (Å²) in [6.45, 7) is 16.1. The third-order valence-electron chi connectivity index (χ3n) is 12.8. The summed E-state index contributed by atoms with van der Waals surface area (Å²) in [6.07, 6.45) is 11.7. The van der Waals surface area contributed by atoms with Gasteiger partial charge in [0, 0.05) is 11.0 Å². The number of aliphatic carboxylic acids is 1. The Morgan fingerprint density at radius 2 is 1.63 bits per heavy atom. The highest BCUT2D eigenvalue weighted by atomic mass is 16.4. The molecule has 4 nitrogen and oxygen atoms in total. The minimum atomic E-state index is -0.614. The van der Waals surface area contributed by atoms with Crippen molar-refractivity contribution >= 4 is 11.8 Å². The van der Waals surface area contributed by atoms with Gasteiger partial charge in [0.1, 0.15) is 0 Å². The first-order chi connectivity index (χ1) is 16.1. The number of carboxylic acid groups (broad SMARTS) is 1. The van der Waals surface area contributed by atoms with Gasteiger partial charge in [0.05, 0.1) is 11.7 Å². The van der Waals surface area contributed by atoms with Gasteiger partial charge in [-0.3, -0.25) is 9.59 Å². The summed E-state index contributed by atoms with van der Waals surface area (Å²) in [6, 6.07) is 0. The number of Topliss-reactive ketones (excluding diaryl/α,β-unsaturated/α-hetero) is 1. The van der Waals surface area contributed by atoms with E-state index in [2.05, 4.69) is 54.5 Å². The van der Waals surface area contributed by atoms with Gasteiger partial charge in [0.2, 0.25) is 0 Å². The maximum Gasteiger partial charge on any atom is 0.310 e. The molecule has 4 fully saturated rings. The first-order valence-corrected chi connectivity index (χ1v) is 13.9. The highest BCUT2D eigenvalue weighted by Crippen LogP contribution is 2.75. The number of hydrogen-bond acceptors (Lipinski definition) is 3. The van der Waals surface area contributed by atoms with Crippen LogP contribution in [0.3, 0.4) is 0 Å². The highest BCUT2D eigenvalue weighted by molar-refractivity contribution is 6.00. The molecule has 0 amide bonds. The largest absolute Gasteiger partial charge is 0.515 e. The third kappa shape index (κ3) is 2.98. The van der Waals surface area contributed by atoms with Crippen LogP contribution in [0.25, 0.3) is 0 Å². The quantitative estimate of drug-likeness (QED) is 0.231. The second kappa shape index (κ2) is 7.25. The minimum Gasteiger partial charge on any atom is -0.515 e. The molecule has 194 valence electrons. The molecule has 4 heteroatoms. The zero-order chi connectivity index (χ0) is 25.8. The van der Waals surface area contributed by atoms with Crippen molar-refractivity contribution in [3.63, 3.8) is 0 Å². The van der Waals surface area contributed by atoms with Gasteiger partial charge in [-0.05, 0) is 97.2 Å². The SMILES string of the molecule is CC1(C)CC[C@]2(C(=O)O)CC[C@]3(C)C(=CC[C@@H]4[C@@]5(C)C/C(=C/O)C(=O)C(C)(C)[C@@H]5CC[C@]43C)[C@@H]2C1. The maximum absolute atomic E-state index is 13.2. The minimum absolute atomic E-state index is 0.0321. The van der Waals surface area contributed by atoms with Crippen LogP contribution in [0, 0.1) is 50.2 Å². The number of hydrogen-bond donors (Lipinski definition) is 2. The summed E-state index contributed by atoms with van der Waals surface area (Å²) in [5, 5.41) is 20.5. The molecule has 0 heterocycles. The van der Waals surface area contributed by atoms with Gasteiger partial charge in [-0.2, -0.15) is 0 Å². The van der Waals surface area contributed by atoms with Crippen molar-refractivity contribution in [2.75, 3.05) is 0 Å². The molecular weight excluding hydrogens is 436 g/mol. The topological polar surface area (TPSA) is 74.6 Å². The summed E-state index contributed by atoms with van der Waals surface area (Å²) in [4.78, 5) is 26.0. The van der Waals surface area contributed by atoms with Crippen molar-refractivity contribution in [1.29, 1.82) is 0 Å². The molecule has 0 saturated heterocycles. The monoisotopic (exact) mass is 482 g/mol. The van der Waals surface area contributed by atoms with Crippen molar-refractivity contribution in [3.8, 4) is 0 Å². The first kappa shape index (κ1) is 25.1. The molecule has 2 N–H and O–H groups in total. The van der Waals surface area contributed by atoms with Gasteiger partial charge in [0.15, 0.2) is 5.78 Å². The highest BCUT2D eigenvalue weighted by Gasteiger charge is 2.69. The number of ketones is 1. The lowest BCUT2D eigenvalue weighted by Crippen LogP contribution is -2.65. The van der Waals surface area contributed by atoms with Gasteiger partial charge < -0.3 is 10.2 Å². The first-order valence-electron chi connectivity index (χ1n) is 13.9. The summed E-state index contributed by atoms with van der Waals surface area (Å²) < 4.78 is 0. The Morgan fingerprint density at radius 3 is 2.26 bits per heavy atom. The summed E-state index contributed by atoms with van der Waals surface area (Å²) >= 11 is 0. The van der Waals surface area contributed by atoms with E-state index in [0.29, 0.717) is 17.9 Å². The predicted molar refractivity (Wildman–Crippen MR) is 138 cm³/mol. The van der Waals surface area contributed by atoms with Crippen LogP contribution >= 0.6 is 0 Å². The zero-order valence-corrected chi connectivity index (χ0v) is 23.0. The van der Waals surface area contributed by atoms with Crippen LogP contribution < -0.4 is 0 Å². The molecule has 5 rings (SSSR count). The Balaban J connectivity index is 1.63. The molecule has 0 aromatic heterocycles. The Labute approximate surface area is 211 Å². The van der Waals surface area contributed by atoms with Crippen LogP contribution in [0.2, 0.25) is 0 Å². The lowest BCUT2D eigenvalue weighted by atomic mass is 9.33. The van der Waals surface area contributed by atoms with Gasteiger partial charge in [0.25, 0.3) is 0 Å². The lowest BCUT2D eigenvalue weighted by molar-refractivity contribution is -0.184. The third-order valence-corrected chi connectivity index (χ3v) is 12.8. The maximum atomic E-state index is 13.2. The number of allylic oxidation sites excluding steroid dienone is 3. The fourth-order valence-corrected chi connectivity index (χ4v) is 10.6. The summed E-state index contributed by atoms with van der Waals surface area (Å²) in [7, 11) is 0. The standard InChI is InChI=1S/C31H46O4/c1-26(2)12-14-31(25(34)35)15-13-29(6)20(21(31)17-26)8-9-23-28(5)16-19(18-32)24(33)27(3,4)22(28)10-11-30(23,29)7/h8,18,21-23,32H,9-17H2,1-7H3,(H,34,35)/b19-18-/t21-,22-,23+,28-,29+,30+,31-/m0/s1. The van der Waals surface area contributed by atoms with Crippen molar-refractivity contribution in [3.05, 3.63) is 23.5 Å². The van der Waals surface area contributed by atoms with E-state index in [4.69, 9.17) is 0 Å². The fraction of sp³-hybridized carbons (Fsp3) is 0.806. The molecule has 0 bridgehead atoms. The fourth-order valence-electron chi connectivity index (χ4n) is 10.6. The number of fused-ring (bicyclic) bond motifs is 7. The Hall–Kier alpha value is -1.58. The molecule has 5 aliphatic carbocycles. The number of rotatable bonds is 1. The van der Waals surface area contributed by atoms with Crippen LogP contribution in [0.15, 0.2) is 23.5 Å². The molecule has 5 aliphatic rings. The molecule has 0 aliphatic heterocycles. The van der Waals surface area contributed by atoms with Crippen LogP contribution in [-0.4, -0.2) is 22.0 Å². The van der Waals surface area contributed by atoms with Gasteiger partial charge in [-0.25, -0.2) is 0 Å². The molecule has 0 spiro atoms. The number of carbonyl (C=O) groups is 2. The smallest absolute Gasteiger partial charge is 0.310 e. The van der Waals surface area contributed by atoms with Crippen LogP contribution in [0.5, 0.6) is 0 Å². The Bertz CT molecular complexity index is 1030. The summed E-state index contributed by atoms with van der Waals surface area (Å²) in [5.74, 6) is 0.326. The van der Waals surface area contributed by atoms with E-state index in [0.717, 1.165) is 57.6 Å². The second-order valence-corrected chi connectivity index (χ2v) is 15.1. The molecule has 7 atom stereocenters. The van der Waals surface area contributed by atoms with Gasteiger partial charge >= 0.3 is 5.97 Å². The van der Waals surface area contributed by atoms with Crippen molar-refractivity contribution in [2.24, 2.45) is 50.2 Å². The van der Waals surface area contributed by atoms with E-state index in [9.17, 15) is 19.8 Å². The van der Waals surface area contributed by atoms with Crippen LogP contribution in [0.1, 0.15) is 106 Å². The van der Waals surface area contributed by atoms with Gasteiger partial charge in [-0.15, -0.1) is 0 Å². The van der Waals surface area contributed by atoms with Crippen LogP contribution in [0.4, 0.5) is 0 Å². The molecule has 0 radical (unpaired) electrons. The average molecular weight is 483 g/mol. The zero-order valence-electron chi connectivity index (χ0n) is 23.0. The molecule has 0 unspecified atom stereocenters. The second-order valence-electron chi connectivity index (χ2n) is 15.1. The average Bonchev–Trinajstić information content (AvgIpc) is 2.76. The number of carbonyl (C=O) groups excluding carboxylic acids is 1. The van der Waals surface area contributed by atoms with E-state index < -0.39 is 16.8 Å². The van der Waals surface area contributed by atoms with Crippen molar-refractivity contribution < 1.29 is 19.8 Å². The normalized spacial score (nSPS) is 49.2. The number of aliphatic hydroxyl groups is 1. The van der Waals surface area contributed by atoms with E-state index in [1.54, 1.807) is 0 Å². The van der Waals surface area contributed by atoms with Gasteiger partial charge in [-0.1, -0.05) is 60.1 Å².